The van der Waals surface area contributed by atoms with Gasteiger partial charge in [-0.1, -0.05) is 30.3 Å². The molecule has 1 unspecified atom stereocenters. The molecule has 1 atom stereocenters. The first-order chi connectivity index (χ1) is 6.83. The molecule has 15 heavy (non-hydrogen) atoms. The Bertz CT molecular complexity index is 292. The third-order valence-electron chi connectivity index (χ3n) is 2.11. The van der Waals surface area contributed by atoms with Crippen LogP contribution in [0.1, 0.15) is 18.9 Å². The van der Waals surface area contributed by atoms with Crippen LogP contribution in [0.3, 0.4) is 0 Å². The molecule has 3 heteroatoms. The average molecular weight is 225 g/mol. The summed E-state index contributed by atoms with van der Waals surface area (Å²) >= 11 is 0. The third kappa shape index (κ3) is 6.11. The molecule has 0 aromatic heterocycles. The standard InChI is InChI=1S/C12H16N2.ClH/c1-11(14-9-5-8-13)10-12-6-3-2-4-7-12;/h2-4,6-7,11,14H,5,9-10H2,1H3;1H. The van der Waals surface area contributed by atoms with Crippen LogP contribution >= 0.6 is 12.4 Å². The maximum absolute atomic E-state index is 8.38. The highest BCUT2D eigenvalue weighted by Gasteiger charge is 2.01. The zero-order valence-corrected chi connectivity index (χ0v) is 9.76. The summed E-state index contributed by atoms with van der Waals surface area (Å²) in [5.41, 5.74) is 1.34. The van der Waals surface area contributed by atoms with Crippen LogP contribution in [0.5, 0.6) is 0 Å². The summed E-state index contributed by atoms with van der Waals surface area (Å²) in [6.07, 6.45) is 1.60. The molecule has 0 radical (unpaired) electrons. The van der Waals surface area contributed by atoms with E-state index in [0.29, 0.717) is 12.5 Å². The van der Waals surface area contributed by atoms with Gasteiger partial charge in [-0.2, -0.15) is 5.26 Å². The Hall–Kier alpha value is -1.04. The summed E-state index contributed by atoms with van der Waals surface area (Å²) in [7, 11) is 0. The molecule has 2 nitrogen and oxygen atoms in total. The molecule has 0 saturated carbocycles. The number of halogens is 1. The van der Waals surface area contributed by atoms with Crippen molar-refractivity contribution >= 4 is 12.4 Å². The highest BCUT2D eigenvalue weighted by molar-refractivity contribution is 5.85. The summed E-state index contributed by atoms with van der Waals surface area (Å²) in [5, 5.41) is 11.7. The molecule has 0 aliphatic carbocycles. The van der Waals surface area contributed by atoms with Gasteiger partial charge >= 0.3 is 0 Å². The van der Waals surface area contributed by atoms with Gasteiger partial charge < -0.3 is 5.32 Å². The first-order valence-corrected chi connectivity index (χ1v) is 4.97. The van der Waals surface area contributed by atoms with E-state index in [2.05, 4.69) is 42.6 Å². The van der Waals surface area contributed by atoms with E-state index in [9.17, 15) is 0 Å². The van der Waals surface area contributed by atoms with E-state index in [-0.39, 0.29) is 12.4 Å². The topological polar surface area (TPSA) is 35.8 Å². The van der Waals surface area contributed by atoms with Crippen molar-refractivity contribution < 1.29 is 0 Å². The average Bonchev–Trinajstić information content (AvgIpc) is 2.20. The Kier molecular flexibility index (Phi) is 7.71. The molecule has 0 aliphatic heterocycles. The first kappa shape index (κ1) is 14.0. The molecule has 82 valence electrons. The lowest BCUT2D eigenvalue weighted by atomic mass is 10.1. The van der Waals surface area contributed by atoms with Crippen molar-refractivity contribution in [2.24, 2.45) is 0 Å². The van der Waals surface area contributed by atoms with Gasteiger partial charge in [-0.25, -0.2) is 0 Å². The smallest absolute Gasteiger partial charge is 0.0635 e. The second-order valence-electron chi connectivity index (χ2n) is 3.45. The quantitative estimate of drug-likeness (QED) is 0.781. The predicted molar refractivity (Wildman–Crippen MR) is 65.1 cm³/mol. The highest BCUT2D eigenvalue weighted by atomic mass is 35.5. The second kappa shape index (κ2) is 8.28. The molecule has 0 spiro atoms. The van der Waals surface area contributed by atoms with Crippen molar-refractivity contribution in [1.29, 1.82) is 5.26 Å². The van der Waals surface area contributed by atoms with Gasteiger partial charge in [0.2, 0.25) is 0 Å². The number of benzene rings is 1. The fraction of sp³-hybridized carbons (Fsp3) is 0.417. The van der Waals surface area contributed by atoms with Crippen LogP contribution in [0.4, 0.5) is 0 Å². The summed E-state index contributed by atoms with van der Waals surface area (Å²) in [5.74, 6) is 0. The summed E-state index contributed by atoms with van der Waals surface area (Å²) in [6.45, 7) is 2.93. The van der Waals surface area contributed by atoms with E-state index in [1.165, 1.54) is 5.56 Å². The number of nitrogens with one attached hydrogen (secondary N) is 1. The monoisotopic (exact) mass is 224 g/mol. The van der Waals surface area contributed by atoms with E-state index in [1.54, 1.807) is 0 Å². The highest BCUT2D eigenvalue weighted by Crippen LogP contribution is 2.02. The lowest BCUT2D eigenvalue weighted by Crippen LogP contribution is -2.28. The van der Waals surface area contributed by atoms with Crippen LogP contribution in [0.15, 0.2) is 30.3 Å². The molecule has 0 bridgehead atoms. The van der Waals surface area contributed by atoms with Gasteiger partial charge in [0.15, 0.2) is 0 Å². The molecule has 1 N–H and O–H groups in total. The minimum Gasteiger partial charge on any atom is -0.313 e. The number of rotatable bonds is 5. The van der Waals surface area contributed by atoms with Crippen molar-refractivity contribution in [2.75, 3.05) is 6.54 Å². The number of nitriles is 1. The molecule has 0 fully saturated rings. The zero-order chi connectivity index (χ0) is 10.2. The van der Waals surface area contributed by atoms with Gasteiger partial charge in [0.1, 0.15) is 0 Å². The Balaban J connectivity index is 0.00000196. The normalized spacial score (nSPS) is 11.2. The summed E-state index contributed by atoms with van der Waals surface area (Å²) < 4.78 is 0. The van der Waals surface area contributed by atoms with Crippen LogP contribution in [0, 0.1) is 11.3 Å². The lowest BCUT2D eigenvalue weighted by molar-refractivity contribution is 0.553. The molecular weight excluding hydrogens is 208 g/mol. The second-order valence-corrected chi connectivity index (χ2v) is 3.45. The van der Waals surface area contributed by atoms with Crippen molar-refractivity contribution in [3.63, 3.8) is 0 Å². The Morgan fingerprint density at radius 3 is 2.60 bits per heavy atom. The van der Waals surface area contributed by atoms with Crippen molar-refractivity contribution in [3.05, 3.63) is 35.9 Å². The Morgan fingerprint density at radius 2 is 2.00 bits per heavy atom. The molecule has 1 rings (SSSR count). The lowest BCUT2D eigenvalue weighted by Gasteiger charge is -2.12. The van der Waals surface area contributed by atoms with E-state index in [1.807, 2.05) is 6.07 Å². The number of hydrogen-bond acceptors (Lipinski definition) is 2. The fourth-order valence-corrected chi connectivity index (χ4v) is 1.41. The van der Waals surface area contributed by atoms with Gasteiger partial charge in [-0.3, -0.25) is 0 Å². The van der Waals surface area contributed by atoms with Crippen LogP contribution < -0.4 is 5.32 Å². The molecular formula is C12H17ClN2. The molecule has 1 aromatic carbocycles. The van der Waals surface area contributed by atoms with E-state index in [4.69, 9.17) is 5.26 Å². The van der Waals surface area contributed by atoms with Crippen molar-refractivity contribution in [1.82, 2.24) is 5.32 Å². The third-order valence-corrected chi connectivity index (χ3v) is 2.11. The minimum atomic E-state index is 0. The first-order valence-electron chi connectivity index (χ1n) is 4.97. The van der Waals surface area contributed by atoms with E-state index in [0.717, 1.165) is 13.0 Å². The summed E-state index contributed by atoms with van der Waals surface area (Å²) in [6, 6.07) is 12.9. The predicted octanol–water partition coefficient (Wildman–Crippen LogP) is 2.54. The van der Waals surface area contributed by atoms with Crippen molar-refractivity contribution in [3.8, 4) is 6.07 Å². The molecule has 0 aliphatic rings. The Labute approximate surface area is 97.7 Å². The maximum Gasteiger partial charge on any atom is 0.0635 e. The van der Waals surface area contributed by atoms with Gasteiger partial charge in [0.05, 0.1) is 6.07 Å². The molecule has 0 saturated heterocycles. The largest absolute Gasteiger partial charge is 0.313 e. The van der Waals surface area contributed by atoms with E-state index >= 15 is 0 Å². The van der Waals surface area contributed by atoms with Gasteiger partial charge in [0, 0.05) is 19.0 Å². The number of hydrogen-bond donors (Lipinski definition) is 1. The SMILES string of the molecule is CC(Cc1ccccc1)NCCC#N.Cl. The van der Waals surface area contributed by atoms with Crippen LogP contribution in [-0.4, -0.2) is 12.6 Å². The van der Waals surface area contributed by atoms with Crippen molar-refractivity contribution in [2.45, 2.75) is 25.8 Å². The fourth-order valence-electron chi connectivity index (χ4n) is 1.41. The Morgan fingerprint density at radius 1 is 1.33 bits per heavy atom. The summed E-state index contributed by atoms with van der Waals surface area (Å²) in [4.78, 5) is 0. The van der Waals surface area contributed by atoms with Gasteiger partial charge in [-0.15, -0.1) is 12.4 Å². The van der Waals surface area contributed by atoms with Crippen LogP contribution in [-0.2, 0) is 6.42 Å². The maximum atomic E-state index is 8.38. The van der Waals surface area contributed by atoms with Crippen LogP contribution in [0.25, 0.3) is 0 Å². The minimum absolute atomic E-state index is 0. The van der Waals surface area contributed by atoms with Gasteiger partial charge in [0.25, 0.3) is 0 Å². The van der Waals surface area contributed by atoms with E-state index < -0.39 is 0 Å². The molecule has 0 heterocycles. The van der Waals surface area contributed by atoms with Crippen LogP contribution in [0.2, 0.25) is 0 Å². The number of nitrogens with zero attached hydrogens (tertiary/aromatic N) is 1. The zero-order valence-electron chi connectivity index (χ0n) is 8.94. The molecule has 1 aromatic rings. The molecule has 0 amide bonds. The van der Waals surface area contributed by atoms with Gasteiger partial charge in [-0.05, 0) is 18.9 Å².